The van der Waals surface area contributed by atoms with Gasteiger partial charge in [0.2, 0.25) is 11.8 Å². The Hall–Kier alpha value is -1.19. The number of nitrogens with two attached hydrogens (primary N) is 1. The summed E-state index contributed by atoms with van der Waals surface area (Å²) in [7, 11) is -3.23. The van der Waals surface area contributed by atoms with E-state index in [1.165, 1.54) is 0 Å². The van der Waals surface area contributed by atoms with Crippen molar-refractivity contribution in [2.24, 2.45) is 17.6 Å². The molecule has 0 aromatic heterocycles. The van der Waals surface area contributed by atoms with E-state index in [0.29, 0.717) is 11.5 Å². The van der Waals surface area contributed by atoms with E-state index < -0.39 is 27.6 Å². The Morgan fingerprint density at radius 3 is 2.30 bits per heavy atom. The van der Waals surface area contributed by atoms with Gasteiger partial charge in [0.15, 0.2) is 9.84 Å². The lowest BCUT2D eigenvalue weighted by atomic mass is 9.93. The molecule has 0 fully saturated rings. The Labute approximate surface area is 119 Å². The second kappa shape index (κ2) is 8.18. The van der Waals surface area contributed by atoms with Gasteiger partial charge in [-0.25, -0.2) is 13.5 Å². The van der Waals surface area contributed by atoms with Gasteiger partial charge in [-0.3, -0.25) is 20.1 Å². The van der Waals surface area contributed by atoms with Crippen molar-refractivity contribution in [2.75, 3.05) is 18.8 Å². The predicted octanol–water partition coefficient (Wildman–Crippen LogP) is -0.709. The lowest BCUT2D eigenvalue weighted by Crippen LogP contribution is -2.40. The quantitative estimate of drug-likeness (QED) is 0.293. The minimum atomic E-state index is -3.23. The maximum absolute atomic E-state index is 11.7. The molecule has 0 radical (unpaired) electrons. The van der Waals surface area contributed by atoms with Crippen LogP contribution in [-0.4, -0.2) is 49.3 Å². The van der Waals surface area contributed by atoms with Gasteiger partial charge in [-0.1, -0.05) is 13.8 Å². The Morgan fingerprint density at radius 2 is 1.90 bits per heavy atom. The van der Waals surface area contributed by atoms with Gasteiger partial charge in [0.1, 0.15) is 5.88 Å². The molecule has 0 rings (SSSR count). The molecule has 9 heteroatoms. The van der Waals surface area contributed by atoms with Crippen LogP contribution in [0.3, 0.4) is 0 Å². The molecule has 0 aliphatic carbocycles. The molecule has 1 atom stereocenters. The molecule has 0 heterocycles. The van der Waals surface area contributed by atoms with E-state index in [0.717, 1.165) is 6.26 Å². The normalized spacial score (nSPS) is 13.2. The van der Waals surface area contributed by atoms with Crippen LogP contribution in [0, 0.1) is 11.8 Å². The number of nitrogens with one attached hydrogen (secondary N) is 1. The molecule has 0 unspecified atom stereocenters. The summed E-state index contributed by atoms with van der Waals surface area (Å²) in [4.78, 5) is 22.9. The average Bonchev–Trinajstić information content (AvgIpc) is 2.25. The molecule has 0 spiro atoms. The average molecular weight is 309 g/mol. The monoisotopic (exact) mass is 309 g/mol. The predicted molar refractivity (Wildman–Crippen MR) is 73.1 cm³/mol. The van der Waals surface area contributed by atoms with Crippen molar-refractivity contribution >= 4 is 21.7 Å². The van der Waals surface area contributed by atoms with Crippen LogP contribution in [-0.2, 0) is 19.4 Å². The van der Waals surface area contributed by atoms with Crippen LogP contribution in [0.1, 0.15) is 26.7 Å². The molecule has 0 bridgehead atoms. The summed E-state index contributed by atoms with van der Waals surface area (Å²) in [6, 6.07) is 0. The highest BCUT2D eigenvalue weighted by molar-refractivity contribution is 7.90. The lowest BCUT2D eigenvalue weighted by molar-refractivity contribution is -0.168. The Balaban J connectivity index is 4.32. The standard InChI is InChI=1S/C11H23N3O5S/c1-8(2)4-9(11(12)16)5-10(15)14(17)6-13-7-20(3,18)19/h8-9,13,17H,4-7H2,1-3H3,(H2,12,16)/t9-/m1/s1. The SMILES string of the molecule is CC(C)C[C@H](CC(=O)N(O)CNCS(C)(=O)=O)C(N)=O. The van der Waals surface area contributed by atoms with E-state index in [1.807, 2.05) is 13.8 Å². The van der Waals surface area contributed by atoms with E-state index in [-0.39, 0.29) is 24.9 Å². The number of hydrogen-bond donors (Lipinski definition) is 3. The van der Waals surface area contributed by atoms with E-state index >= 15 is 0 Å². The van der Waals surface area contributed by atoms with E-state index in [9.17, 15) is 23.2 Å². The van der Waals surface area contributed by atoms with Gasteiger partial charge in [0, 0.05) is 18.6 Å². The summed E-state index contributed by atoms with van der Waals surface area (Å²) in [5.74, 6) is -2.09. The van der Waals surface area contributed by atoms with Gasteiger partial charge in [-0.2, -0.15) is 0 Å². The number of sulfone groups is 1. The van der Waals surface area contributed by atoms with E-state index in [1.54, 1.807) is 0 Å². The fraction of sp³-hybridized carbons (Fsp3) is 0.818. The second-order valence-corrected chi connectivity index (χ2v) is 7.34. The summed E-state index contributed by atoms with van der Waals surface area (Å²) in [6.45, 7) is 3.45. The van der Waals surface area contributed by atoms with E-state index in [2.05, 4.69) is 5.32 Å². The molecule has 0 aliphatic rings. The zero-order chi connectivity index (χ0) is 15.9. The summed E-state index contributed by atoms with van der Waals surface area (Å²) < 4.78 is 21.7. The molecular formula is C11H23N3O5S. The second-order valence-electron chi connectivity index (χ2n) is 5.20. The minimum Gasteiger partial charge on any atom is -0.369 e. The summed E-state index contributed by atoms with van der Waals surface area (Å²) in [5.41, 5.74) is 5.20. The summed E-state index contributed by atoms with van der Waals surface area (Å²) >= 11 is 0. The van der Waals surface area contributed by atoms with Crippen molar-refractivity contribution < 1.29 is 23.2 Å². The molecule has 2 amide bonds. The van der Waals surface area contributed by atoms with Crippen LogP contribution in [0.2, 0.25) is 0 Å². The van der Waals surface area contributed by atoms with Crippen LogP contribution < -0.4 is 11.1 Å². The first-order chi connectivity index (χ1) is 9.03. The molecule has 0 aromatic carbocycles. The van der Waals surface area contributed by atoms with Crippen molar-refractivity contribution in [3.63, 3.8) is 0 Å². The van der Waals surface area contributed by atoms with Gasteiger partial charge < -0.3 is 5.73 Å². The molecular weight excluding hydrogens is 286 g/mol. The third-order valence-electron chi connectivity index (χ3n) is 2.49. The van der Waals surface area contributed by atoms with Crippen LogP contribution in [0.25, 0.3) is 0 Å². The molecule has 8 nitrogen and oxygen atoms in total. The highest BCUT2D eigenvalue weighted by Gasteiger charge is 2.23. The van der Waals surface area contributed by atoms with Crippen LogP contribution in [0.4, 0.5) is 0 Å². The van der Waals surface area contributed by atoms with Crippen LogP contribution in [0.5, 0.6) is 0 Å². The van der Waals surface area contributed by atoms with Crippen LogP contribution in [0.15, 0.2) is 0 Å². The molecule has 0 saturated heterocycles. The van der Waals surface area contributed by atoms with Crippen molar-refractivity contribution in [2.45, 2.75) is 26.7 Å². The molecule has 0 aliphatic heterocycles. The topological polar surface area (TPSA) is 130 Å². The molecule has 20 heavy (non-hydrogen) atoms. The van der Waals surface area contributed by atoms with Gasteiger partial charge in [0.05, 0.1) is 6.67 Å². The number of amides is 2. The minimum absolute atomic E-state index is 0.191. The Kier molecular flexibility index (Phi) is 7.69. The van der Waals surface area contributed by atoms with Gasteiger partial charge in [0.25, 0.3) is 0 Å². The van der Waals surface area contributed by atoms with Crippen molar-refractivity contribution in [1.82, 2.24) is 10.4 Å². The smallest absolute Gasteiger partial charge is 0.247 e. The van der Waals surface area contributed by atoms with Gasteiger partial charge in [-0.05, 0) is 12.3 Å². The number of nitrogens with zero attached hydrogens (tertiary/aromatic N) is 1. The third kappa shape index (κ3) is 8.83. The number of carbonyl (C=O) groups excluding carboxylic acids is 2. The summed E-state index contributed by atoms with van der Waals surface area (Å²) in [6.07, 6.45) is 1.27. The third-order valence-corrected chi connectivity index (χ3v) is 3.22. The number of hydrogen-bond acceptors (Lipinski definition) is 6. The fourth-order valence-corrected chi connectivity index (χ4v) is 2.07. The largest absolute Gasteiger partial charge is 0.369 e. The van der Waals surface area contributed by atoms with E-state index in [4.69, 9.17) is 5.73 Å². The fourth-order valence-electron chi connectivity index (χ4n) is 1.61. The molecule has 0 saturated carbocycles. The number of primary amides is 1. The Bertz CT molecular complexity index is 435. The zero-order valence-corrected chi connectivity index (χ0v) is 12.8. The number of carbonyl (C=O) groups is 2. The van der Waals surface area contributed by atoms with Crippen LogP contribution >= 0.6 is 0 Å². The first kappa shape index (κ1) is 18.8. The maximum atomic E-state index is 11.7. The van der Waals surface area contributed by atoms with Crippen molar-refractivity contribution in [1.29, 1.82) is 0 Å². The number of rotatable bonds is 9. The first-order valence-electron chi connectivity index (χ1n) is 6.20. The highest BCUT2D eigenvalue weighted by atomic mass is 32.2. The van der Waals surface area contributed by atoms with Crippen molar-refractivity contribution in [3.8, 4) is 0 Å². The van der Waals surface area contributed by atoms with Crippen molar-refractivity contribution in [3.05, 3.63) is 0 Å². The first-order valence-corrected chi connectivity index (χ1v) is 8.26. The molecule has 4 N–H and O–H groups in total. The Morgan fingerprint density at radius 1 is 1.35 bits per heavy atom. The number of hydroxylamine groups is 2. The molecule has 0 aromatic rings. The summed E-state index contributed by atoms with van der Waals surface area (Å²) in [5, 5.41) is 12.2. The highest BCUT2D eigenvalue weighted by Crippen LogP contribution is 2.15. The van der Waals surface area contributed by atoms with Gasteiger partial charge >= 0.3 is 0 Å². The zero-order valence-electron chi connectivity index (χ0n) is 12.0. The van der Waals surface area contributed by atoms with Gasteiger partial charge in [-0.15, -0.1) is 0 Å². The molecule has 118 valence electrons. The lowest BCUT2D eigenvalue weighted by Gasteiger charge is -2.19. The maximum Gasteiger partial charge on any atom is 0.247 e.